The first-order valence-electron chi connectivity index (χ1n) is 8.86. The molecule has 1 atom stereocenters. The number of anilines is 2. The van der Waals surface area contributed by atoms with E-state index in [1.807, 2.05) is 27.7 Å². The zero-order valence-corrected chi connectivity index (χ0v) is 15.8. The van der Waals surface area contributed by atoms with Gasteiger partial charge >= 0.3 is 0 Å². The Morgan fingerprint density at radius 3 is 2.50 bits per heavy atom. The predicted molar refractivity (Wildman–Crippen MR) is 104 cm³/mol. The average molecular weight is 354 g/mol. The Morgan fingerprint density at radius 1 is 1.19 bits per heavy atom. The molecule has 2 aromatic carbocycles. The van der Waals surface area contributed by atoms with Crippen LogP contribution >= 0.6 is 0 Å². The molecule has 1 amide bonds. The number of nitrogens with one attached hydrogen (secondary N) is 1. The molecule has 0 bridgehead atoms. The number of nitrogen functional groups attached to an aromatic ring is 1. The van der Waals surface area contributed by atoms with E-state index in [0.29, 0.717) is 11.4 Å². The van der Waals surface area contributed by atoms with Crippen molar-refractivity contribution in [3.8, 4) is 11.5 Å². The topological polar surface area (TPSA) is 84.6 Å². The summed E-state index contributed by atoms with van der Waals surface area (Å²) >= 11 is 0. The number of aromatic hydroxyl groups is 1. The summed E-state index contributed by atoms with van der Waals surface area (Å²) in [5, 5.41) is 13.2. The van der Waals surface area contributed by atoms with E-state index in [4.69, 9.17) is 10.5 Å². The highest BCUT2D eigenvalue weighted by Gasteiger charge is 2.36. The molecular weight excluding hydrogens is 328 g/mol. The standard InChI is InChI=1S/C21H26N2O3/c1-12-13(2)20-17(14(3)19(12)25)9-10-21(4,26-20)11-18(24)23-16-7-5-15(22)6-8-16/h5-8,25H,9-11,22H2,1-4H3,(H,23,24). The van der Waals surface area contributed by atoms with Gasteiger partial charge in [0.15, 0.2) is 0 Å². The van der Waals surface area contributed by atoms with E-state index in [0.717, 1.165) is 46.5 Å². The van der Waals surface area contributed by atoms with Gasteiger partial charge in [0.05, 0.1) is 6.42 Å². The summed E-state index contributed by atoms with van der Waals surface area (Å²) in [7, 11) is 0. The van der Waals surface area contributed by atoms with Crippen LogP contribution in [0.1, 0.15) is 42.0 Å². The summed E-state index contributed by atoms with van der Waals surface area (Å²) in [6.45, 7) is 7.73. The molecule has 0 spiro atoms. The second kappa shape index (κ2) is 6.56. The van der Waals surface area contributed by atoms with Crippen LogP contribution in [-0.2, 0) is 11.2 Å². The lowest BCUT2D eigenvalue weighted by Crippen LogP contribution is -2.40. The number of carbonyl (C=O) groups excluding carboxylic acids is 1. The van der Waals surface area contributed by atoms with Crippen LogP contribution < -0.4 is 15.8 Å². The highest BCUT2D eigenvalue weighted by Crippen LogP contribution is 2.44. The minimum atomic E-state index is -0.578. The Labute approximate surface area is 154 Å². The molecule has 5 heteroatoms. The van der Waals surface area contributed by atoms with Gasteiger partial charge in [-0.05, 0) is 81.5 Å². The van der Waals surface area contributed by atoms with Crippen molar-refractivity contribution in [2.75, 3.05) is 11.1 Å². The Hall–Kier alpha value is -2.69. The smallest absolute Gasteiger partial charge is 0.228 e. The molecule has 3 rings (SSSR count). The van der Waals surface area contributed by atoms with E-state index in [9.17, 15) is 9.90 Å². The van der Waals surface area contributed by atoms with Crippen LogP contribution in [0.2, 0.25) is 0 Å². The van der Waals surface area contributed by atoms with Gasteiger partial charge in [-0.15, -0.1) is 0 Å². The van der Waals surface area contributed by atoms with Crippen LogP contribution in [0, 0.1) is 20.8 Å². The van der Waals surface area contributed by atoms with Crippen LogP contribution in [0.5, 0.6) is 11.5 Å². The number of phenols is 1. The van der Waals surface area contributed by atoms with Crippen LogP contribution in [0.25, 0.3) is 0 Å². The van der Waals surface area contributed by atoms with Crippen LogP contribution in [0.4, 0.5) is 11.4 Å². The molecule has 1 aliphatic rings. The van der Waals surface area contributed by atoms with Crippen LogP contribution in [-0.4, -0.2) is 16.6 Å². The summed E-state index contributed by atoms with van der Waals surface area (Å²) < 4.78 is 6.30. The molecule has 2 aromatic rings. The largest absolute Gasteiger partial charge is 0.507 e. The minimum absolute atomic E-state index is 0.0920. The number of ether oxygens (including phenoxy) is 1. The van der Waals surface area contributed by atoms with E-state index in [1.54, 1.807) is 24.3 Å². The third-order valence-corrected chi connectivity index (χ3v) is 5.32. The van der Waals surface area contributed by atoms with Crippen molar-refractivity contribution in [2.24, 2.45) is 0 Å². The van der Waals surface area contributed by atoms with Gasteiger partial charge in [0, 0.05) is 16.9 Å². The fourth-order valence-electron chi connectivity index (χ4n) is 3.53. The number of benzene rings is 2. The highest BCUT2D eigenvalue weighted by atomic mass is 16.5. The fraction of sp³-hybridized carbons (Fsp3) is 0.381. The molecule has 0 fully saturated rings. The number of carbonyl (C=O) groups is 1. The zero-order chi connectivity index (χ0) is 19.1. The Kier molecular flexibility index (Phi) is 4.57. The maximum Gasteiger partial charge on any atom is 0.228 e. The molecule has 5 nitrogen and oxygen atoms in total. The maximum atomic E-state index is 12.5. The van der Waals surface area contributed by atoms with Gasteiger partial charge in [-0.2, -0.15) is 0 Å². The summed E-state index contributed by atoms with van der Waals surface area (Å²) in [4.78, 5) is 12.5. The van der Waals surface area contributed by atoms with Gasteiger partial charge in [0.2, 0.25) is 5.91 Å². The first-order valence-corrected chi connectivity index (χ1v) is 8.86. The zero-order valence-electron chi connectivity index (χ0n) is 15.8. The Morgan fingerprint density at radius 2 is 1.85 bits per heavy atom. The molecule has 0 aromatic heterocycles. The molecule has 0 saturated heterocycles. The normalized spacial score (nSPS) is 18.8. The molecule has 138 valence electrons. The van der Waals surface area contributed by atoms with Crippen LogP contribution in [0.3, 0.4) is 0 Å². The summed E-state index contributed by atoms with van der Waals surface area (Å²) in [6.07, 6.45) is 1.76. The quantitative estimate of drug-likeness (QED) is 0.727. The summed E-state index contributed by atoms with van der Waals surface area (Å²) in [5.41, 5.74) is 10.2. The van der Waals surface area contributed by atoms with E-state index in [2.05, 4.69) is 5.32 Å². The fourth-order valence-corrected chi connectivity index (χ4v) is 3.53. The summed E-state index contributed by atoms with van der Waals surface area (Å²) in [6, 6.07) is 7.08. The lowest BCUT2D eigenvalue weighted by Gasteiger charge is -2.37. The van der Waals surface area contributed by atoms with Gasteiger partial charge in [-0.25, -0.2) is 0 Å². The number of hydrogen-bond acceptors (Lipinski definition) is 4. The molecule has 0 radical (unpaired) electrons. The second-order valence-corrected chi connectivity index (χ2v) is 7.43. The second-order valence-electron chi connectivity index (χ2n) is 7.43. The van der Waals surface area contributed by atoms with Crippen molar-refractivity contribution in [3.63, 3.8) is 0 Å². The molecule has 4 N–H and O–H groups in total. The molecule has 1 aliphatic heterocycles. The number of rotatable bonds is 3. The van der Waals surface area contributed by atoms with Gasteiger partial charge in [-0.3, -0.25) is 4.79 Å². The summed E-state index contributed by atoms with van der Waals surface area (Å²) in [5.74, 6) is 1.06. The van der Waals surface area contributed by atoms with Gasteiger partial charge in [-0.1, -0.05) is 0 Å². The van der Waals surface area contributed by atoms with Crippen molar-refractivity contribution >= 4 is 17.3 Å². The van der Waals surface area contributed by atoms with Gasteiger partial charge < -0.3 is 20.9 Å². The SMILES string of the molecule is Cc1c(C)c2c(c(C)c1O)CCC(C)(CC(=O)Nc1ccc(N)cc1)O2. The van der Waals surface area contributed by atoms with E-state index < -0.39 is 5.60 Å². The predicted octanol–water partition coefficient (Wildman–Crippen LogP) is 4.01. The number of nitrogens with two attached hydrogens (primary N) is 1. The maximum absolute atomic E-state index is 12.5. The molecule has 1 heterocycles. The van der Waals surface area contributed by atoms with E-state index >= 15 is 0 Å². The monoisotopic (exact) mass is 354 g/mol. The van der Waals surface area contributed by atoms with Gasteiger partial charge in [0.1, 0.15) is 17.1 Å². The van der Waals surface area contributed by atoms with Crippen molar-refractivity contribution in [3.05, 3.63) is 46.5 Å². The molecule has 1 unspecified atom stereocenters. The first kappa shape index (κ1) is 18.1. The lowest BCUT2D eigenvalue weighted by atomic mass is 9.85. The average Bonchev–Trinajstić information content (AvgIpc) is 2.59. The molecule has 26 heavy (non-hydrogen) atoms. The van der Waals surface area contributed by atoms with Crippen LogP contribution in [0.15, 0.2) is 24.3 Å². The minimum Gasteiger partial charge on any atom is -0.507 e. The van der Waals surface area contributed by atoms with Crippen molar-refractivity contribution in [1.29, 1.82) is 0 Å². The third kappa shape index (κ3) is 3.34. The van der Waals surface area contributed by atoms with Crippen molar-refractivity contribution in [1.82, 2.24) is 0 Å². The Balaban J connectivity index is 1.78. The van der Waals surface area contributed by atoms with E-state index in [-0.39, 0.29) is 12.3 Å². The lowest BCUT2D eigenvalue weighted by molar-refractivity contribution is -0.120. The molecule has 0 aliphatic carbocycles. The highest BCUT2D eigenvalue weighted by molar-refractivity contribution is 5.91. The molecule has 0 saturated carbocycles. The van der Waals surface area contributed by atoms with Crippen molar-refractivity contribution in [2.45, 2.75) is 52.6 Å². The third-order valence-electron chi connectivity index (χ3n) is 5.32. The van der Waals surface area contributed by atoms with Gasteiger partial charge in [0.25, 0.3) is 0 Å². The number of hydrogen-bond donors (Lipinski definition) is 3. The van der Waals surface area contributed by atoms with E-state index in [1.165, 1.54) is 0 Å². The number of fused-ring (bicyclic) bond motifs is 1. The Bertz CT molecular complexity index is 859. The number of phenolic OH excluding ortho intramolecular Hbond substituents is 1. The molecular formula is C21H26N2O3. The first-order chi connectivity index (χ1) is 12.2. The van der Waals surface area contributed by atoms with Crippen molar-refractivity contribution < 1.29 is 14.6 Å². The number of amides is 1.